The highest BCUT2D eigenvalue weighted by atomic mass is 32.2. The van der Waals surface area contributed by atoms with E-state index in [2.05, 4.69) is 27.8 Å². The summed E-state index contributed by atoms with van der Waals surface area (Å²) < 4.78 is 1.75. The number of unbranched alkanes of at least 4 members (excludes halogenated alkanes) is 1. The molecule has 0 radical (unpaired) electrons. The predicted molar refractivity (Wildman–Crippen MR) is 103 cm³/mol. The first-order chi connectivity index (χ1) is 12.8. The third-order valence-electron chi connectivity index (χ3n) is 3.80. The maximum atomic E-state index is 11.8. The quantitative estimate of drug-likeness (QED) is 0.607. The minimum absolute atomic E-state index is 0.0642. The van der Waals surface area contributed by atoms with Gasteiger partial charge in [-0.2, -0.15) is 4.68 Å². The molecule has 0 fully saturated rings. The van der Waals surface area contributed by atoms with Gasteiger partial charge >= 0.3 is 0 Å². The van der Waals surface area contributed by atoms with Crippen molar-refractivity contribution in [1.82, 2.24) is 20.2 Å². The molecule has 2 aromatic carbocycles. The minimum Gasteiger partial charge on any atom is -0.326 e. The molecule has 1 heterocycles. The van der Waals surface area contributed by atoms with E-state index < -0.39 is 0 Å². The van der Waals surface area contributed by atoms with E-state index >= 15 is 0 Å². The molecule has 1 amide bonds. The van der Waals surface area contributed by atoms with Gasteiger partial charge in [0.15, 0.2) is 5.82 Å². The fraction of sp³-hybridized carbons (Fsp3) is 0.263. The standard InChI is InChI=1S/C19H21N5OS/c1-2-3-9-19(25)20-15-10-12-17(13-11-15)26-14-18-21-22-23-24(18)16-7-5-4-6-8-16/h4-8,10-13H,2-3,9,14H2,1H3,(H,20,25). The molecule has 0 saturated carbocycles. The Bertz CT molecular complexity index is 833. The number of benzene rings is 2. The van der Waals surface area contributed by atoms with Gasteiger partial charge in [0.2, 0.25) is 5.91 Å². The van der Waals surface area contributed by atoms with Crippen LogP contribution in [0.5, 0.6) is 0 Å². The van der Waals surface area contributed by atoms with Crippen LogP contribution in [0.4, 0.5) is 5.69 Å². The van der Waals surface area contributed by atoms with Crippen molar-refractivity contribution in [2.75, 3.05) is 5.32 Å². The number of nitrogens with zero attached hydrogens (tertiary/aromatic N) is 4. The SMILES string of the molecule is CCCCC(=O)Nc1ccc(SCc2nnnn2-c2ccccc2)cc1. The summed E-state index contributed by atoms with van der Waals surface area (Å²) in [5.41, 5.74) is 1.77. The lowest BCUT2D eigenvalue weighted by Crippen LogP contribution is -2.10. The third kappa shape index (κ3) is 4.92. The molecule has 0 aliphatic rings. The second-order valence-electron chi connectivity index (χ2n) is 5.81. The van der Waals surface area contributed by atoms with E-state index in [1.807, 2.05) is 54.6 Å². The average Bonchev–Trinajstić information content (AvgIpc) is 3.15. The van der Waals surface area contributed by atoms with Crippen molar-refractivity contribution in [2.45, 2.75) is 36.8 Å². The van der Waals surface area contributed by atoms with Crippen molar-refractivity contribution < 1.29 is 4.79 Å². The van der Waals surface area contributed by atoms with Crippen LogP contribution in [0.15, 0.2) is 59.5 Å². The summed E-state index contributed by atoms with van der Waals surface area (Å²) in [6.07, 6.45) is 2.50. The predicted octanol–water partition coefficient (Wildman–Crippen LogP) is 4.08. The molecule has 0 aliphatic heterocycles. The van der Waals surface area contributed by atoms with E-state index in [1.165, 1.54) is 0 Å². The van der Waals surface area contributed by atoms with Crippen LogP contribution < -0.4 is 5.32 Å². The summed E-state index contributed by atoms with van der Waals surface area (Å²) in [7, 11) is 0. The van der Waals surface area contributed by atoms with Gasteiger partial charge in [-0.3, -0.25) is 4.79 Å². The topological polar surface area (TPSA) is 72.7 Å². The fourth-order valence-corrected chi connectivity index (χ4v) is 3.21. The summed E-state index contributed by atoms with van der Waals surface area (Å²) in [5, 5.41) is 14.9. The van der Waals surface area contributed by atoms with Crippen molar-refractivity contribution in [3.05, 3.63) is 60.4 Å². The van der Waals surface area contributed by atoms with Gasteiger partial charge in [0.25, 0.3) is 0 Å². The Balaban J connectivity index is 1.58. The van der Waals surface area contributed by atoms with Gasteiger partial charge in [0.05, 0.1) is 11.4 Å². The highest BCUT2D eigenvalue weighted by molar-refractivity contribution is 7.98. The number of carbonyl (C=O) groups is 1. The lowest BCUT2D eigenvalue weighted by molar-refractivity contribution is -0.116. The number of carbonyl (C=O) groups excluding carboxylic acids is 1. The van der Waals surface area contributed by atoms with Crippen LogP contribution in [0.3, 0.4) is 0 Å². The molecule has 7 heteroatoms. The Hall–Kier alpha value is -2.67. The van der Waals surface area contributed by atoms with Crippen LogP contribution in [0.1, 0.15) is 32.0 Å². The Morgan fingerprint density at radius 2 is 1.88 bits per heavy atom. The van der Waals surface area contributed by atoms with Crippen LogP contribution >= 0.6 is 11.8 Å². The van der Waals surface area contributed by atoms with Crippen molar-refractivity contribution in [2.24, 2.45) is 0 Å². The molecule has 0 atom stereocenters. The molecule has 26 heavy (non-hydrogen) atoms. The zero-order valence-corrected chi connectivity index (χ0v) is 15.4. The van der Waals surface area contributed by atoms with E-state index in [1.54, 1.807) is 16.4 Å². The first-order valence-corrected chi connectivity index (χ1v) is 9.60. The van der Waals surface area contributed by atoms with Gasteiger partial charge in [0.1, 0.15) is 0 Å². The molecule has 134 valence electrons. The molecule has 0 spiro atoms. The van der Waals surface area contributed by atoms with Gasteiger partial charge < -0.3 is 5.32 Å². The number of hydrogen-bond acceptors (Lipinski definition) is 5. The lowest BCUT2D eigenvalue weighted by atomic mass is 10.2. The van der Waals surface area contributed by atoms with E-state index in [0.29, 0.717) is 12.2 Å². The van der Waals surface area contributed by atoms with E-state index in [0.717, 1.165) is 34.9 Å². The molecule has 1 N–H and O–H groups in total. The molecule has 0 bridgehead atoms. The normalized spacial score (nSPS) is 10.7. The lowest BCUT2D eigenvalue weighted by Gasteiger charge is -2.07. The molecule has 0 saturated heterocycles. The molecule has 0 aliphatic carbocycles. The van der Waals surface area contributed by atoms with Gasteiger partial charge in [-0.05, 0) is 53.2 Å². The zero-order valence-electron chi connectivity index (χ0n) is 14.6. The average molecular weight is 367 g/mol. The second-order valence-corrected chi connectivity index (χ2v) is 6.86. The number of nitrogens with one attached hydrogen (secondary N) is 1. The van der Waals surface area contributed by atoms with Crippen molar-refractivity contribution in [1.29, 1.82) is 0 Å². The number of amides is 1. The first kappa shape index (κ1) is 18.1. The number of anilines is 1. The Labute approximate surface area is 157 Å². The smallest absolute Gasteiger partial charge is 0.224 e. The van der Waals surface area contributed by atoms with Crippen molar-refractivity contribution in [3.63, 3.8) is 0 Å². The fourth-order valence-electron chi connectivity index (χ4n) is 2.41. The molecular formula is C19H21N5OS. The van der Waals surface area contributed by atoms with Gasteiger partial charge in [-0.15, -0.1) is 16.9 Å². The molecule has 0 unspecified atom stereocenters. The summed E-state index contributed by atoms with van der Waals surface area (Å²) in [6, 6.07) is 17.7. The highest BCUT2D eigenvalue weighted by Gasteiger charge is 2.09. The molecule has 1 aromatic heterocycles. The summed E-state index contributed by atoms with van der Waals surface area (Å²) in [6.45, 7) is 2.08. The van der Waals surface area contributed by atoms with Crippen LogP contribution in [0.25, 0.3) is 5.69 Å². The number of aromatic nitrogens is 4. The highest BCUT2D eigenvalue weighted by Crippen LogP contribution is 2.24. The van der Waals surface area contributed by atoms with Crippen LogP contribution in [-0.4, -0.2) is 26.1 Å². The number of rotatable bonds is 8. The summed E-state index contributed by atoms with van der Waals surface area (Å²) in [5.74, 6) is 1.51. The van der Waals surface area contributed by atoms with Gasteiger partial charge in [0, 0.05) is 17.0 Å². The largest absolute Gasteiger partial charge is 0.326 e. The Morgan fingerprint density at radius 1 is 1.12 bits per heavy atom. The Morgan fingerprint density at radius 3 is 2.62 bits per heavy atom. The first-order valence-electron chi connectivity index (χ1n) is 8.61. The minimum atomic E-state index is 0.0642. The van der Waals surface area contributed by atoms with Gasteiger partial charge in [-0.1, -0.05) is 31.5 Å². The zero-order chi connectivity index (χ0) is 18.2. The summed E-state index contributed by atoms with van der Waals surface area (Å²) >= 11 is 1.65. The van der Waals surface area contributed by atoms with E-state index in [4.69, 9.17) is 0 Å². The number of thioether (sulfide) groups is 1. The van der Waals surface area contributed by atoms with Crippen molar-refractivity contribution in [3.8, 4) is 5.69 Å². The third-order valence-corrected chi connectivity index (χ3v) is 4.81. The Kier molecular flexibility index (Phi) is 6.38. The molecular weight excluding hydrogens is 346 g/mol. The van der Waals surface area contributed by atoms with Gasteiger partial charge in [-0.25, -0.2) is 0 Å². The monoisotopic (exact) mass is 367 g/mol. The van der Waals surface area contributed by atoms with E-state index in [-0.39, 0.29) is 5.91 Å². The number of para-hydroxylation sites is 1. The van der Waals surface area contributed by atoms with Crippen LogP contribution in [0.2, 0.25) is 0 Å². The van der Waals surface area contributed by atoms with Crippen LogP contribution in [-0.2, 0) is 10.5 Å². The molecule has 3 rings (SSSR count). The maximum Gasteiger partial charge on any atom is 0.224 e. The van der Waals surface area contributed by atoms with E-state index in [9.17, 15) is 4.79 Å². The number of hydrogen-bond donors (Lipinski definition) is 1. The maximum absolute atomic E-state index is 11.8. The van der Waals surface area contributed by atoms with Crippen molar-refractivity contribution >= 4 is 23.4 Å². The van der Waals surface area contributed by atoms with Crippen LogP contribution in [0, 0.1) is 0 Å². The molecule has 3 aromatic rings. The molecule has 6 nitrogen and oxygen atoms in total. The summed E-state index contributed by atoms with van der Waals surface area (Å²) in [4.78, 5) is 12.9. The second kappa shape index (κ2) is 9.15. The number of tetrazole rings is 1.